The monoisotopic (exact) mass is 570 g/mol. The Morgan fingerprint density at radius 2 is 1.88 bits per heavy atom. The first-order valence-corrected chi connectivity index (χ1v) is 14.1. The van der Waals surface area contributed by atoms with Crippen LogP contribution in [0.3, 0.4) is 0 Å². The topological polar surface area (TPSA) is 79.1 Å². The number of carbonyl (C=O) groups excluding carboxylic acids is 1. The van der Waals surface area contributed by atoms with E-state index in [1.165, 1.54) is 36.1 Å². The number of rotatable bonds is 7. The Balaban J connectivity index is 1.48. The largest absolute Gasteiger partial charge is 0.490 e. The van der Waals surface area contributed by atoms with Crippen LogP contribution in [0.2, 0.25) is 0 Å². The third-order valence-electron chi connectivity index (χ3n) is 7.20. The molecule has 0 fully saturated rings. The van der Waals surface area contributed by atoms with E-state index in [1.807, 2.05) is 19.1 Å². The van der Waals surface area contributed by atoms with Gasteiger partial charge in [0.1, 0.15) is 5.82 Å². The minimum atomic E-state index is -0.501. The Kier molecular flexibility index (Phi) is 7.28. The van der Waals surface area contributed by atoms with Crippen molar-refractivity contribution in [3.63, 3.8) is 0 Å². The van der Waals surface area contributed by atoms with Gasteiger partial charge in [-0.15, -0.1) is 0 Å². The Hall–Kier alpha value is -4.50. The molecule has 0 amide bonds. The first kappa shape index (κ1) is 26.7. The standard InChI is InChI=1S/C32H27FN2O5S/c1-3-39-26-16-19(8-15-25(26)40-18-28(36)38-2)17-27-31(37)35-30(21-9-12-22(33)13-10-21)24-14-11-20-6-4-5-7-23(20)29(24)34-32(35)41-27/h4-10,12-13,15-17,30H,3,11,14,18H2,1-2H3. The normalized spacial score (nSPS) is 15.9. The second kappa shape index (κ2) is 11.2. The van der Waals surface area contributed by atoms with Crippen LogP contribution in [-0.2, 0) is 16.0 Å². The highest BCUT2D eigenvalue weighted by atomic mass is 32.1. The second-order valence-electron chi connectivity index (χ2n) is 9.67. The summed E-state index contributed by atoms with van der Waals surface area (Å²) in [7, 11) is 1.30. The number of allylic oxidation sites excluding steroid dienone is 1. The van der Waals surface area contributed by atoms with E-state index in [2.05, 4.69) is 16.9 Å². The maximum Gasteiger partial charge on any atom is 0.343 e. The van der Waals surface area contributed by atoms with Crippen LogP contribution in [0.15, 0.2) is 82.1 Å². The van der Waals surface area contributed by atoms with E-state index in [4.69, 9.17) is 14.5 Å². The summed E-state index contributed by atoms with van der Waals surface area (Å²) >= 11 is 1.32. The van der Waals surface area contributed by atoms with Crippen molar-refractivity contribution < 1.29 is 23.4 Å². The van der Waals surface area contributed by atoms with E-state index in [-0.39, 0.29) is 24.0 Å². The molecule has 1 aliphatic carbocycles. The van der Waals surface area contributed by atoms with Gasteiger partial charge in [-0.25, -0.2) is 14.2 Å². The van der Waals surface area contributed by atoms with Crippen molar-refractivity contribution in [2.45, 2.75) is 25.8 Å². The average molecular weight is 571 g/mol. The molecular formula is C32H27FN2O5S. The number of carbonyl (C=O) groups is 1. The summed E-state index contributed by atoms with van der Waals surface area (Å²) in [6.45, 7) is 2.00. The van der Waals surface area contributed by atoms with E-state index in [0.717, 1.165) is 40.8 Å². The zero-order chi connectivity index (χ0) is 28.5. The molecule has 6 rings (SSSR count). The lowest BCUT2D eigenvalue weighted by atomic mass is 9.83. The molecule has 1 unspecified atom stereocenters. The number of halogens is 1. The van der Waals surface area contributed by atoms with Crippen LogP contribution in [0.5, 0.6) is 11.5 Å². The van der Waals surface area contributed by atoms with Crippen LogP contribution in [-0.4, -0.2) is 30.9 Å². The van der Waals surface area contributed by atoms with E-state index >= 15 is 0 Å². The molecule has 1 atom stereocenters. The second-order valence-corrected chi connectivity index (χ2v) is 10.7. The molecule has 0 radical (unpaired) electrons. The SMILES string of the molecule is CCOc1cc(C=c2sc3n(c2=O)C(c2ccc(F)cc2)C2=C(N=3)c3ccccc3CC2)ccc1OCC(=O)OC. The number of hydrogen-bond donors (Lipinski definition) is 0. The zero-order valence-corrected chi connectivity index (χ0v) is 23.4. The van der Waals surface area contributed by atoms with Gasteiger partial charge in [-0.05, 0) is 72.4 Å². The molecule has 208 valence electrons. The quantitative estimate of drug-likeness (QED) is 0.308. The molecule has 0 saturated heterocycles. The molecule has 4 aromatic rings. The van der Waals surface area contributed by atoms with Gasteiger partial charge in [0.25, 0.3) is 5.56 Å². The highest BCUT2D eigenvalue weighted by molar-refractivity contribution is 7.07. The Bertz CT molecular complexity index is 1860. The van der Waals surface area contributed by atoms with Crippen molar-refractivity contribution in [1.82, 2.24) is 4.57 Å². The number of thiazole rings is 1. The van der Waals surface area contributed by atoms with E-state index in [9.17, 15) is 14.0 Å². The molecule has 3 aromatic carbocycles. The lowest BCUT2D eigenvalue weighted by molar-refractivity contribution is -0.142. The smallest absolute Gasteiger partial charge is 0.343 e. The third kappa shape index (κ3) is 5.09. The maximum atomic E-state index is 14.0. The minimum absolute atomic E-state index is 0.169. The molecule has 0 saturated carbocycles. The van der Waals surface area contributed by atoms with Gasteiger partial charge in [-0.2, -0.15) is 0 Å². The van der Waals surface area contributed by atoms with Crippen molar-refractivity contribution in [2.24, 2.45) is 4.99 Å². The number of esters is 1. The number of nitrogens with zero attached hydrogens (tertiary/aromatic N) is 2. The maximum absolute atomic E-state index is 14.0. The summed E-state index contributed by atoms with van der Waals surface area (Å²) in [5.41, 5.74) is 5.65. The van der Waals surface area contributed by atoms with Crippen molar-refractivity contribution in [2.75, 3.05) is 20.3 Å². The fourth-order valence-electron chi connectivity index (χ4n) is 5.32. The number of aromatic nitrogens is 1. The van der Waals surface area contributed by atoms with Gasteiger partial charge >= 0.3 is 5.97 Å². The van der Waals surface area contributed by atoms with Gasteiger partial charge < -0.3 is 14.2 Å². The van der Waals surface area contributed by atoms with Crippen LogP contribution < -0.4 is 24.4 Å². The van der Waals surface area contributed by atoms with Gasteiger partial charge in [0.15, 0.2) is 22.9 Å². The average Bonchev–Trinajstić information content (AvgIpc) is 3.30. The first-order valence-electron chi connectivity index (χ1n) is 13.3. The summed E-state index contributed by atoms with van der Waals surface area (Å²) in [4.78, 5) is 31.1. The summed E-state index contributed by atoms with van der Waals surface area (Å²) in [6.07, 6.45) is 3.40. The highest BCUT2D eigenvalue weighted by Gasteiger charge is 2.32. The Morgan fingerprint density at radius 1 is 1.07 bits per heavy atom. The van der Waals surface area contributed by atoms with Crippen LogP contribution >= 0.6 is 11.3 Å². The van der Waals surface area contributed by atoms with Crippen LogP contribution in [0.25, 0.3) is 11.8 Å². The van der Waals surface area contributed by atoms with E-state index < -0.39 is 5.97 Å². The predicted molar refractivity (Wildman–Crippen MR) is 154 cm³/mol. The van der Waals surface area contributed by atoms with Crippen LogP contribution in [0.4, 0.5) is 4.39 Å². The molecule has 0 bridgehead atoms. The molecule has 1 aromatic heterocycles. The predicted octanol–water partition coefficient (Wildman–Crippen LogP) is 4.41. The third-order valence-corrected chi connectivity index (χ3v) is 8.18. The molecule has 2 heterocycles. The number of methoxy groups -OCH3 is 1. The summed E-state index contributed by atoms with van der Waals surface area (Å²) in [5.74, 6) is 0.0276. The van der Waals surface area contributed by atoms with Gasteiger partial charge in [-0.3, -0.25) is 9.36 Å². The number of benzene rings is 3. The molecular weight excluding hydrogens is 543 g/mol. The van der Waals surface area contributed by atoms with E-state index in [1.54, 1.807) is 41.0 Å². The van der Waals surface area contributed by atoms with Gasteiger partial charge in [0.2, 0.25) is 0 Å². The summed E-state index contributed by atoms with van der Waals surface area (Å²) in [5, 5.41) is 0. The van der Waals surface area contributed by atoms with Crippen molar-refractivity contribution in [3.05, 3.63) is 120 Å². The van der Waals surface area contributed by atoms with Crippen molar-refractivity contribution >= 4 is 29.1 Å². The fraction of sp³-hybridized carbons (Fsp3) is 0.219. The fourth-order valence-corrected chi connectivity index (χ4v) is 6.32. The van der Waals surface area contributed by atoms with Gasteiger partial charge in [0.05, 0.1) is 30.0 Å². The number of ether oxygens (including phenoxy) is 3. The molecule has 9 heteroatoms. The summed E-state index contributed by atoms with van der Waals surface area (Å²) in [6, 6.07) is 19.5. The molecule has 7 nitrogen and oxygen atoms in total. The summed E-state index contributed by atoms with van der Waals surface area (Å²) < 4.78 is 32.1. The van der Waals surface area contributed by atoms with Crippen molar-refractivity contribution in [3.8, 4) is 11.5 Å². The van der Waals surface area contributed by atoms with Crippen molar-refractivity contribution in [1.29, 1.82) is 0 Å². The first-order chi connectivity index (χ1) is 20.0. The zero-order valence-electron chi connectivity index (χ0n) is 22.6. The van der Waals surface area contributed by atoms with Gasteiger partial charge in [-0.1, -0.05) is 53.8 Å². The minimum Gasteiger partial charge on any atom is -0.490 e. The van der Waals surface area contributed by atoms with Gasteiger partial charge in [0, 0.05) is 5.56 Å². The highest BCUT2D eigenvalue weighted by Crippen LogP contribution is 2.41. The van der Waals surface area contributed by atoms with Crippen LogP contribution in [0.1, 0.15) is 41.6 Å². The number of fused-ring (bicyclic) bond motifs is 3. The number of hydrogen-bond acceptors (Lipinski definition) is 7. The Labute approximate surface area is 239 Å². The molecule has 1 aliphatic heterocycles. The molecule has 2 aliphatic rings. The lowest BCUT2D eigenvalue weighted by Gasteiger charge is -2.30. The van der Waals surface area contributed by atoms with E-state index in [0.29, 0.717) is 27.4 Å². The molecule has 0 N–H and O–H groups in total. The molecule has 0 spiro atoms. The molecule has 41 heavy (non-hydrogen) atoms. The Morgan fingerprint density at radius 3 is 2.66 bits per heavy atom. The lowest BCUT2D eigenvalue weighted by Crippen LogP contribution is -2.38. The van der Waals surface area contributed by atoms with Crippen LogP contribution in [0, 0.1) is 5.82 Å². The number of aryl methyl sites for hydroxylation is 1.